The number of nitrogens with two attached hydrogens (primary N) is 1. The highest BCUT2D eigenvalue weighted by atomic mass is 16.7. The van der Waals surface area contributed by atoms with E-state index >= 15 is 0 Å². The smallest absolute Gasteiger partial charge is 0.220 e. The highest BCUT2D eigenvalue weighted by molar-refractivity contribution is 5.69. The van der Waals surface area contributed by atoms with Crippen molar-refractivity contribution in [2.45, 2.75) is 37.3 Å². The number of benzene rings is 2. The molecule has 5 atom stereocenters. The van der Waals surface area contributed by atoms with E-state index in [9.17, 15) is 15.3 Å². The van der Waals surface area contributed by atoms with E-state index in [1.54, 1.807) is 6.07 Å². The van der Waals surface area contributed by atoms with Crippen molar-refractivity contribution in [3.8, 4) is 22.4 Å². The zero-order chi connectivity index (χ0) is 23.4. The van der Waals surface area contributed by atoms with E-state index in [4.69, 9.17) is 19.9 Å². The predicted molar refractivity (Wildman–Crippen MR) is 121 cm³/mol. The molecule has 0 bridgehead atoms. The zero-order valence-corrected chi connectivity index (χ0v) is 18.1. The average molecular weight is 453 g/mol. The fraction of sp³-hybridized carbons (Fsp3) is 0.333. The Morgan fingerprint density at radius 1 is 0.939 bits per heavy atom. The Hall–Kier alpha value is -2.92. The van der Waals surface area contributed by atoms with Crippen LogP contribution in [0.5, 0.6) is 0 Å². The molecule has 1 saturated heterocycles. The maximum Gasteiger partial charge on any atom is 0.220 e. The van der Waals surface area contributed by atoms with Crippen molar-refractivity contribution in [1.29, 1.82) is 0 Å². The fourth-order valence-corrected chi connectivity index (χ4v) is 3.83. The molecule has 4 rings (SSSR count). The van der Waals surface area contributed by atoms with Crippen LogP contribution in [0.2, 0.25) is 0 Å². The molecular formula is C24H27N3O6. The molecule has 0 spiro atoms. The van der Waals surface area contributed by atoms with E-state index < -0.39 is 37.3 Å². The van der Waals surface area contributed by atoms with E-state index in [-0.39, 0.29) is 12.6 Å². The van der Waals surface area contributed by atoms with E-state index in [1.165, 1.54) is 7.11 Å². The van der Waals surface area contributed by atoms with Gasteiger partial charge in [-0.15, -0.1) is 0 Å². The number of rotatable bonds is 7. The minimum atomic E-state index is -1.25. The molecule has 0 saturated carbocycles. The Morgan fingerprint density at radius 2 is 1.61 bits per heavy atom. The number of aliphatic hydroxyl groups excluding tert-OH is 3. The van der Waals surface area contributed by atoms with E-state index in [2.05, 4.69) is 9.97 Å². The second-order valence-corrected chi connectivity index (χ2v) is 7.76. The third kappa shape index (κ3) is 5.19. The summed E-state index contributed by atoms with van der Waals surface area (Å²) in [6.45, 7) is -0.494. The lowest BCUT2D eigenvalue weighted by molar-refractivity contribution is -0.303. The highest BCUT2D eigenvalue weighted by Gasteiger charge is 2.45. The van der Waals surface area contributed by atoms with Crippen LogP contribution < -0.4 is 5.73 Å². The van der Waals surface area contributed by atoms with Gasteiger partial charge >= 0.3 is 0 Å². The first-order valence-corrected chi connectivity index (χ1v) is 10.6. The van der Waals surface area contributed by atoms with Crippen molar-refractivity contribution < 1.29 is 29.5 Å². The molecule has 0 radical (unpaired) electrons. The number of aromatic nitrogens is 2. The summed E-state index contributed by atoms with van der Waals surface area (Å²) in [5.41, 5.74) is 10.1. The number of aliphatic hydroxyl groups is 3. The van der Waals surface area contributed by atoms with Gasteiger partial charge in [0.1, 0.15) is 24.4 Å². The molecule has 5 N–H and O–H groups in total. The van der Waals surface area contributed by atoms with E-state index in [0.717, 1.165) is 16.7 Å². The molecule has 1 aliphatic heterocycles. The Bertz CT molecular complexity index is 1030. The van der Waals surface area contributed by atoms with E-state index in [1.807, 2.05) is 54.6 Å². The Kier molecular flexibility index (Phi) is 7.29. The van der Waals surface area contributed by atoms with Crippen LogP contribution in [-0.4, -0.2) is 69.7 Å². The van der Waals surface area contributed by atoms with Crippen molar-refractivity contribution in [3.05, 3.63) is 66.4 Å². The van der Waals surface area contributed by atoms with Crippen LogP contribution in [0.4, 0.5) is 5.95 Å². The molecule has 0 aliphatic carbocycles. The van der Waals surface area contributed by atoms with E-state index in [0.29, 0.717) is 11.4 Å². The lowest BCUT2D eigenvalue weighted by Crippen LogP contribution is -2.59. The third-order valence-corrected chi connectivity index (χ3v) is 5.56. The molecule has 0 amide bonds. The maximum atomic E-state index is 10.4. The van der Waals surface area contributed by atoms with Gasteiger partial charge in [0, 0.05) is 12.7 Å². The minimum absolute atomic E-state index is 0.0464. The summed E-state index contributed by atoms with van der Waals surface area (Å²) < 4.78 is 16.2. The molecule has 33 heavy (non-hydrogen) atoms. The van der Waals surface area contributed by atoms with Gasteiger partial charge in [0.05, 0.1) is 24.6 Å². The van der Waals surface area contributed by atoms with Gasteiger partial charge in [-0.2, -0.15) is 0 Å². The topological polar surface area (TPSA) is 140 Å². The standard InChI is InChI=1S/C24H27N3O6/c1-31-23-21(30)22(20(29)19(12-28)33-23)32-13-17-11-18(27-24(25)26-17)16-9-7-15(8-10-16)14-5-3-2-4-6-14/h2-11,19-23,28-30H,12-13H2,1H3,(H2,25,26,27)/t19-,20+,21-,22+,23-/m1/s1. The summed E-state index contributed by atoms with van der Waals surface area (Å²) in [5, 5.41) is 30.3. The van der Waals surface area contributed by atoms with Crippen molar-refractivity contribution in [2.24, 2.45) is 0 Å². The van der Waals surface area contributed by atoms with Gasteiger partial charge in [-0.1, -0.05) is 54.6 Å². The molecule has 2 heterocycles. The monoisotopic (exact) mass is 453 g/mol. The first-order valence-electron chi connectivity index (χ1n) is 10.6. The Morgan fingerprint density at radius 3 is 2.27 bits per heavy atom. The van der Waals surface area contributed by atoms with Crippen LogP contribution in [0.1, 0.15) is 5.69 Å². The number of hydrogen-bond acceptors (Lipinski definition) is 9. The summed E-state index contributed by atoms with van der Waals surface area (Å²) in [5.74, 6) is 0.0781. The lowest BCUT2D eigenvalue weighted by Gasteiger charge is -2.41. The van der Waals surface area contributed by atoms with Crippen LogP contribution in [0.3, 0.4) is 0 Å². The Labute approximate surface area is 191 Å². The molecule has 1 aromatic heterocycles. The predicted octanol–water partition coefficient (Wildman–Crippen LogP) is 1.36. The van der Waals surface area contributed by atoms with Crippen LogP contribution in [0, 0.1) is 0 Å². The fourth-order valence-electron chi connectivity index (χ4n) is 3.83. The molecule has 1 aliphatic rings. The molecular weight excluding hydrogens is 426 g/mol. The Balaban J connectivity index is 1.50. The number of anilines is 1. The van der Waals surface area contributed by atoms with Crippen LogP contribution in [0.15, 0.2) is 60.7 Å². The maximum absolute atomic E-state index is 10.4. The van der Waals surface area contributed by atoms with Gasteiger partial charge in [-0.3, -0.25) is 0 Å². The van der Waals surface area contributed by atoms with Crippen LogP contribution >= 0.6 is 0 Å². The first kappa shape index (κ1) is 23.2. The van der Waals surface area contributed by atoms with Gasteiger partial charge < -0.3 is 35.3 Å². The van der Waals surface area contributed by atoms with Gasteiger partial charge in [-0.05, 0) is 17.2 Å². The van der Waals surface area contributed by atoms with Crippen molar-refractivity contribution in [2.75, 3.05) is 19.5 Å². The van der Waals surface area contributed by atoms with Crippen LogP contribution in [-0.2, 0) is 20.8 Å². The quantitative estimate of drug-likeness (QED) is 0.417. The summed E-state index contributed by atoms with van der Waals surface area (Å²) >= 11 is 0. The number of nitrogen functional groups attached to an aromatic ring is 1. The number of ether oxygens (including phenoxy) is 3. The molecule has 9 heteroatoms. The highest BCUT2D eigenvalue weighted by Crippen LogP contribution is 2.27. The summed E-state index contributed by atoms with van der Waals surface area (Å²) in [6, 6.07) is 19.7. The first-order chi connectivity index (χ1) is 16.0. The van der Waals surface area contributed by atoms with Crippen LogP contribution in [0.25, 0.3) is 22.4 Å². The second kappa shape index (κ2) is 10.3. The van der Waals surface area contributed by atoms with Gasteiger partial charge in [0.15, 0.2) is 6.29 Å². The normalized spacial score (nSPS) is 25.2. The minimum Gasteiger partial charge on any atom is -0.394 e. The van der Waals surface area contributed by atoms with Gasteiger partial charge in [0.25, 0.3) is 0 Å². The molecule has 174 valence electrons. The van der Waals surface area contributed by atoms with Crippen molar-refractivity contribution >= 4 is 5.95 Å². The number of methoxy groups -OCH3 is 1. The molecule has 9 nitrogen and oxygen atoms in total. The summed E-state index contributed by atoms with van der Waals surface area (Å²) in [7, 11) is 1.36. The van der Waals surface area contributed by atoms with Gasteiger partial charge in [0.2, 0.25) is 5.95 Å². The summed E-state index contributed by atoms with van der Waals surface area (Å²) in [4.78, 5) is 8.52. The molecule has 3 aromatic rings. The largest absolute Gasteiger partial charge is 0.394 e. The zero-order valence-electron chi connectivity index (χ0n) is 18.1. The lowest BCUT2D eigenvalue weighted by atomic mass is 9.99. The molecule has 0 unspecified atom stereocenters. The van der Waals surface area contributed by atoms with Crippen molar-refractivity contribution in [1.82, 2.24) is 9.97 Å². The number of nitrogens with zero attached hydrogens (tertiary/aromatic N) is 2. The van der Waals surface area contributed by atoms with Gasteiger partial charge in [-0.25, -0.2) is 9.97 Å². The molecule has 1 fully saturated rings. The third-order valence-electron chi connectivity index (χ3n) is 5.56. The van der Waals surface area contributed by atoms with Crippen molar-refractivity contribution in [3.63, 3.8) is 0 Å². The molecule has 2 aromatic carbocycles. The summed E-state index contributed by atoms with van der Waals surface area (Å²) in [6.07, 6.45) is -5.54. The number of hydrogen-bond donors (Lipinski definition) is 4. The second-order valence-electron chi connectivity index (χ2n) is 7.76. The SMILES string of the molecule is CO[C@@H]1O[C@H](CO)[C@H](O)[C@H](OCc2cc(-c3ccc(-c4ccccc4)cc3)nc(N)n2)[C@H]1O. The average Bonchev–Trinajstić information content (AvgIpc) is 2.84.